The van der Waals surface area contributed by atoms with Gasteiger partial charge in [-0.2, -0.15) is 0 Å². The molecule has 0 fully saturated rings. The van der Waals surface area contributed by atoms with Crippen LogP contribution in [0.2, 0.25) is 0 Å². The van der Waals surface area contributed by atoms with E-state index < -0.39 is 0 Å². The predicted octanol–water partition coefficient (Wildman–Crippen LogP) is 2.69. The molecule has 0 spiro atoms. The van der Waals surface area contributed by atoms with Crippen molar-refractivity contribution < 1.29 is 9.21 Å². The lowest BCUT2D eigenvalue weighted by Crippen LogP contribution is -2.04. The molecule has 16 heavy (non-hydrogen) atoms. The maximum Gasteiger partial charge on any atom is 0.254 e. The molecule has 0 bridgehead atoms. The number of hydrogen-bond acceptors (Lipinski definition) is 4. The van der Waals surface area contributed by atoms with Gasteiger partial charge in [0.1, 0.15) is 5.58 Å². The molecule has 0 unspecified atom stereocenters. The van der Waals surface area contributed by atoms with Crippen molar-refractivity contribution in [2.75, 3.05) is 5.75 Å². The lowest BCUT2D eigenvalue weighted by Gasteiger charge is -2.00. The van der Waals surface area contributed by atoms with Crippen LogP contribution in [-0.2, 0) is 0 Å². The Bertz CT molecular complexity index is 586. The maximum absolute atomic E-state index is 11.7. The van der Waals surface area contributed by atoms with Crippen LogP contribution in [0.3, 0.4) is 0 Å². The Morgan fingerprint density at radius 1 is 1.38 bits per heavy atom. The molecule has 1 aromatic carbocycles. The molecule has 0 saturated carbocycles. The molecular formula is C12H10O3S. The number of hydrogen-bond donors (Lipinski definition) is 0. The summed E-state index contributed by atoms with van der Waals surface area (Å²) in [5.41, 5.74) is 0.275. The lowest BCUT2D eigenvalue weighted by atomic mass is 10.2. The number of fused-ring (bicyclic) bond motifs is 1. The lowest BCUT2D eigenvalue weighted by molar-refractivity contribution is 0.106. The van der Waals surface area contributed by atoms with Gasteiger partial charge in [-0.25, -0.2) is 0 Å². The Morgan fingerprint density at radius 2 is 2.12 bits per heavy atom. The fourth-order valence-electron chi connectivity index (χ4n) is 1.41. The second-order valence-corrected chi connectivity index (χ2v) is 4.43. The molecule has 0 aliphatic carbocycles. The minimum atomic E-state index is -0.203. The maximum atomic E-state index is 11.7. The van der Waals surface area contributed by atoms with Gasteiger partial charge in [0.05, 0.1) is 5.39 Å². The first-order chi connectivity index (χ1) is 7.72. The number of carbonyl (C=O) groups excluding carboxylic acids is 1. The summed E-state index contributed by atoms with van der Waals surface area (Å²) in [4.78, 5) is 23.3. The summed E-state index contributed by atoms with van der Waals surface area (Å²) in [5, 5.41) is 0.297. The number of carbonyl (C=O) groups is 1. The summed E-state index contributed by atoms with van der Waals surface area (Å²) in [6.45, 7) is 1.88. The van der Waals surface area contributed by atoms with Crippen LogP contribution in [0.1, 0.15) is 17.5 Å². The van der Waals surface area contributed by atoms with Crippen molar-refractivity contribution in [2.45, 2.75) is 6.92 Å². The van der Waals surface area contributed by atoms with Crippen LogP contribution in [0.15, 0.2) is 39.5 Å². The molecule has 0 aliphatic heterocycles. The standard InChI is InChI=1S/C12H10O3S/c1-2-16-12(14)11-7-9(13)8-5-3-4-6-10(8)15-11/h3-7H,2H2,1H3. The van der Waals surface area contributed by atoms with Gasteiger partial charge in [-0.1, -0.05) is 30.8 Å². The quantitative estimate of drug-likeness (QED) is 0.801. The van der Waals surface area contributed by atoms with Gasteiger partial charge in [0.2, 0.25) is 0 Å². The molecule has 0 atom stereocenters. The summed E-state index contributed by atoms with van der Waals surface area (Å²) < 4.78 is 5.39. The van der Waals surface area contributed by atoms with E-state index in [9.17, 15) is 9.59 Å². The van der Waals surface area contributed by atoms with Crippen LogP contribution in [0.5, 0.6) is 0 Å². The van der Waals surface area contributed by atoms with Crippen LogP contribution in [-0.4, -0.2) is 10.9 Å². The number of benzene rings is 1. The minimum Gasteiger partial charge on any atom is -0.452 e. The smallest absolute Gasteiger partial charge is 0.254 e. The molecule has 0 radical (unpaired) electrons. The van der Waals surface area contributed by atoms with E-state index in [1.807, 2.05) is 6.92 Å². The third-order valence-corrected chi connectivity index (χ3v) is 2.86. The Labute approximate surface area is 96.5 Å². The summed E-state index contributed by atoms with van der Waals surface area (Å²) in [5.74, 6) is 0.783. The molecule has 1 heterocycles. The zero-order chi connectivity index (χ0) is 11.5. The molecule has 1 aromatic heterocycles. The van der Waals surface area contributed by atoms with Crippen LogP contribution in [0, 0.1) is 0 Å². The number of thioether (sulfide) groups is 1. The van der Waals surface area contributed by atoms with Crippen LogP contribution >= 0.6 is 11.8 Å². The average Bonchev–Trinajstić information content (AvgIpc) is 2.29. The zero-order valence-corrected chi connectivity index (χ0v) is 9.54. The highest BCUT2D eigenvalue weighted by Gasteiger charge is 2.11. The second-order valence-electron chi connectivity index (χ2n) is 3.19. The molecule has 3 nitrogen and oxygen atoms in total. The van der Waals surface area contributed by atoms with Gasteiger partial charge in [0.25, 0.3) is 5.12 Å². The fourth-order valence-corrected chi connectivity index (χ4v) is 1.91. The van der Waals surface area contributed by atoms with Crippen LogP contribution < -0.4 is 5.43 Å². The third kappa shape index (κ3) is 2.02. The van der Waals surface area contributed by atoms with E-state index in [1.165, 1.54) is 6.07 Å². The highest BCUT2D eigenvalue weighted by molar-refractivity contribution is 8.14. The van der Waals surface area contributed by atoms with Gasteiger partial charge >= 0.3 is 0 Å². The fraction of sp³-hybridized carbons (Fsp3) is 0.167. The first-order valence-electron chi connectivity index (χ1n) is 4.92. The highest BCUT2D eigenvalue weighted by Crippen LogP contribution is 2.16. The van der Waals surface area contributed by atoms with Crippen LogP contribution in [0.25, 0.3) is 11.0 Å². The van der Waals surface area contributed by atoms with Crippen molar-refractivity contribution in [2.24, 2.45) is 0 Å². The van der Waals surface area contributed by atoms with Crippen molar-refractivity contribution >= 4 is 27.8 Å². The van der Waals surface area contributed by atoms with E-state index in [-0.39, 0.29) is 16.3 Å². The molecular weight excluding hydrogens is 224 g/mol. The summed E-state index contributed by atoms with van der Waals surface area (Å²) in [6.07, 6.45) is 0. The molecule has 4 heteroatoms. The minimum absolute atomic E-state index is 0.121. The molecule has 82 valence electrons. The van der Waals surface area contributed by atoms with Gasteiger partial charge < -0.3 is 4.42 Å². The zero-order valence-electron chi connectivity index (χ0n) is 8.73. The number of para-hydroxylation sites is 1. The van der Waals surface area contributed by atoms with Gasteiger partial charge in [-0.3, -0.25) is 9.59 Å². The Hall–Kier alpha value is -1.55. The van der Waals surface area contributed by atoms with Crippen molar-refractivity contribution in [1.29, 1.82) is 0 Å². The predicted molar refractivity (Wildman–Crippen MR) is 64.9 cm³/mol. The largest absolute Gasteiger partial charge is 0.452 e. The number of rotatable bonds is 2. The van der Waals surface area contributed by atoms with Crippen molar-refractivity contribution in [3.63, 3.8) is 0 Å². The summed E-state index contributed by atoms with van der Waals surface area (Å²) in [6, 6.07) is 8.16. The normalized spacial score (nSPS) is 10.6. The SMILES string of the molecule is CCSC(=O)c1cc(=O)c2ccccc2o1. The van der Waals surface area contributed by atoms with E-state index >= 15 is 0 Å². The third-order valence-electron chi connectivity index (χ3n) is 2.11. The van der Waals surface area contributed by atoms with Gasteiger partial charge in [0.15, 0.2) is 11.2 Å². The Morgan fingerprint density at radius 3 is 2.88 bits per heavy atom. The van der Waals surface area contributed by atoms with Gasteiger partial charge in [-0.15, -0.1) is 0 Å². The van der Waals surface area contributed by atoms with Crippen molar-refractivity contribution in [1.82, 2.24) is 0 Å². The molecule has 2 aromatic rings. The molecule has 0 amide bonds. The first kappa shape index (κ1) is 11.0. The van der Waals surface area contributed by atoms with E-state index in [1.54, 1.807) is 24.3 Å². The molecule has 0 saturated heterocycles. The topological polar surface area (TPSA) is 47.3 Å². The highest BCUT2D eigenvalue weighted by atomic mass is 32.2. The van der Waals surface area contributed by atoms with Crippen molar-refractivity contribution in [3.05, 3.63) is 46.3 Å². The summed E-state index contributed by atoms with van der Waals surface area (Å²) >= 11 is 1.13. The van der Waals surface area contributed by atoms with E-state index in [0.29, 0.717) is 16.7 Å². The molecule has 0 aliphatic rings. The first-order valence-corrected chi connectivity index (χ1v) is 5.91. The second kappa shape index (κ2) is 4.53. The van der Waals surface area contributed by atoms with Crippen molar-refractivity contribution in [3.8, 4) is 0 Å². The van der Waals surface area contributed by atoms with E-state index in [2.05, 4.69) is 0 Å². The monoisotopic (exact) mass is 234 g/mol. The van der Waals surface area contributed by atoms with Crippen LogP contribution in [0.4, 0.5) is 0 Å². The Balaban J connectivity index is 2.58. The molecule has 0 N–H and O–H groups in total. The summed E-state index contributed by atoms with van der Waals surface area (Å²) in [7, 11) is 0. The van der Waals surface area contributed by atoms with Gasteiger partial charge in [0, 0.05) is 6.07 Å². The average molecular weight is 234 g/mol. The van der Waals surface area contributed by atoms with Gasteiger partial charge in [-0.05, 0) is 17.9 Å². The van der Waals surface area contributed by atoms with E-state index in [0.717, 1.165) is 11.8 Å². The molecule has 2 rings (SSSR count). The Kier molecular flexibility index (Phi) is 3.10. The van der Waals surface area contributed by atoms with E-state index in [4.69, 9.17) is 4.42 Å².